The number of hydrogen-bond donors (Lipinski definition) is 5. The second-order valence-electron chi connectivity index (χ2n) is 11.6. The van der Waals surface area contributed by atoms with Crippen LogP contribution in [0, 0.1) is 0 Å². The minimum Gasteiger partial charge on any atom is -0.491 e. The van der Waals surface area contributed by atoms with Crippen molar-refractivity contribution >= 4 is 29.5 Å². The SMILES string of the molecule is CC(C)NC(=O)C1C[C@@]2(CN1)NC(=O)C1C[C@@]3(CN1C2=O)NC(=O)[C@H](Cc1ccc(OC(C)C)cc1)NC3=O. The summed E-state index contributed by atoms with van der Waals surface area (Å²) < 4.78 is 5.65. The fraction of sp³-hybridized carbons (Fsp3) is 0.593. The highest BCUT2D eigenvalue weighted by molar-refractivity contribution is 6.06. The minimum absolute atomic E-state index is 0.0170. The van der Waals surface area contributed by atoms with Gasteiger partial charge in [0, 0.05) is 31.8 Å². The maximum atomic E-state index is 13.7. The van der Waals surface area contributed by atoms with Gasteiger partial charge in [-0.1, -0.05) is 12.1 Å². The van der Waals surface area contributed by atoms with Crippen molar-refractivity contribution in [1.29, 1.82) is 0 Å². The maximum Gasteiger partial charge on any atom is 0.250 e. The predicted octanol–water partition coefficient (Wildman–Crippen LogP) is -1.27. The first-order valence-electron chi connectivity index (χ1n) is 13.5. The topological polar surface area (TPSA) is 158 Å². The summed E-state index contributed by atoms with van der Waals surface area (Å²) in [6.07, 6.45) is 0.419. The van der Waals surface area contributed by atoms with E-state index in [1.807, 2.05) is 52.0 Å². The molecule has 4 fully saturated rings. The van der Waals surface area contributed by atoms with Gasteiger partial charge in [-0.15, -0.1) is 0 Å². The molecule has 0 radical (unpaired) electrons. The van der Waals surface area contributed by atoms with Crippen LogP contribution in [0.25, 0.3) is 0 Å². The molecule has 12 nitrogen and oxygen atoms in total. The van der Waals surface area contributed by atoms with Crippen LogP contribution >= 0.6 is 0 Å². The smallest absolute Gasteiger partial charge is 0.250 e. The Bertz CT molecular complexity index is 1200. The van der Waals surface area contributed by atoms with Gasteiger partial charge in [-0.05, 0) is 45.4 Å². The van der Waals surface area contributed by atoms with Gasteiger partial charge in [-0.2, -0.15) is 0 Å². The molecular weight excluding hydrogens is 504 g/mol. The average Bonchev–Trinajstić information content (AvgIpc) is 3.46. The highest BCUT2D eigenvalue weighted by Gasteiger charge is 2.63. The van der Waals surface area contributed by atoms with Crippen LogP contribution in [0.15, 0.2) is 24.3 Å². The molecule has 4 aliphatic heterocycles. The summed E-state index contributed by atoms with van der Waals surface area (Å²) in [5, 5.41) is 14.4. The van der Waals surface area contributed by atoms with E-state index in [1.54, 1.807) is 0 Å². The van der Waals surface area contributed by atoms with E-state index < -0.39 is 41.0 Å². The second kappa shape index (κ2) is 9.82. The summed E-state index contributed by atoms with van der Waals surface area (Å²) in [5.74, 6) is -1.06. The van der Waals surface area contributed by atoms with Crippen molar-refractivity contribution in [2.75, 3.05) is 13.1 Å². The van der Waals surface area contributed by atoms with Gasteiger partial charge in [-0.25, -0.2) is 0 Å². The second-order valence-corrected chi connectivity index (χ2v) is 11.6. The standard InChI is InChI=1S/C27H36N6O6/c1-14(2)29-21(34)19-10-26(12-28-19)25(38)33-13-27(11-20(33)23(36)32-26)24(37)30-18(22(35)31-27)9-16-5-7-17(8-6-16)39-15(3)4/h5-8,14-15,18-20,28H,9-13H2,1-4H3,(H,29,34)(H,30,37)(H,31,35)(H,32,36)/t18-,19?,20?,26-,27-/m0/s1. The number of rotatable bonds is 6. The van der Waals surface area contributed by atoms with Crippen molar-refractivity contribution < 1.29 is 28.7 Å². The molecule has 0 aromatic heterocycles. The fourth-order valence-corrected chi connectivity index (χ4v) is 5.97. The molecule has 12 heteroatoms. The Morgan fingerprint density at radius 2 is 1.72 bits per heavy atom. The van der Waals surface area contributed by atoms with Crippen molar-refractivity contribution in [2.45, 2.75) is 88.3 Å². The molecule has 5 N–H and O–H groups in total. The first kappa shape index (κ1) is 26.9. The molecule has 4 saturated heterocycles. The van der Waals surface area contributed by atoms with Crippen LogP contribution in [0.5, 0.6) is 5.75 Å². The van der Waals surface area contributed by atoms with Crippen LogP contribution in [0.2, 0.25) is 0 Å². The number of piperazine rings is 2. The van der Waals surface area contributed by atoms with Gasteiger partial charge in [-0.3, -0.25) is 24.0 Å². The Hall–Kier alpha value is -3.67. The van der Waals surface area contributed by atoms with Crippen molar-refractivity contribution in [2.24, 2.45) is 0 Å². The molecule has 0 aliphatic carbocycles. The lowest BCUT2D eigenvalue weighted by Gasteiger charge is -2.41. The molecule has 4 aliphatic rings. The zero-order chi connectivity index (χ0) is 28.1. The fourth-order valence-electron chi connectivity index (χ4n) is 5.97. The van der Waals surface area contributed by atoms with Crippen LogP contribution in [-0.4, -0.2) is 88.9 Å². The summed E-state index contributed by atoms with van der Waals surface area (Å²) in [6.45, 7) is 7.55. The van der Waals surface area contributed by atoms with E-state index >= 15 is 0 Å². The molecule has 2 unspecified atom stereocenters. The van der Waals surface area contributed by atoms with E-state index in [9.17, 15) is 24.0 Å². The van der Waals surface area contributed by atoms with Crippen molar-refractivity contribution in [1.82, 2.24) is 31.5 Å². The third-order valence-corrected chi connectivity index (χ3v) is 7.80. The lowest BCUT2D eigenvalue weighted by Crippen LogP contribution is -2.71. The molecule has 5 amide bonds. The third kappa shape index (κ3) is 4.93. The van der Waals surface area contributed by atoms with Gasteiger partial charge < -0.3 is 36.2 Å². The van der Waals surface area contributed by atoms with Crippen LogP contribution < -0.4 is 31.3 Å². The lowest BCUT2D eigenvalue weighted by molar-refractivity contribution is -0.152. The van der Waals surface area contributed by atoms with E-state index in [0.717, 1.165) is 11.3 Å². The molecule has 5 rings (SSSR count). The van der Waals surface area contributed by atoms with Crippen LogP contribution in [0.4, 0.5) is 0 Å². The number of amides is 5. The molecule has 39 heavy (non-hydrogen) atoms. The molecular formula is C27H36N6O6. The first-order valence-corrected chi connectivity index (χ1v) is 13.5. The van der Waals surface area contributed by atoms with E-state index in [0.29, 0.717) is 0 Å². The van der Waals surface area contributed by atoms with Crippen molar-refractivity contribution in [3.63, 3.8) is 0 Å². The predicted molar refractivity (Wildman–Crippen MR) is 139 cm³/mol. The molecule has 0 bridgehead atoms. The van der Waals surface area contributed by atoms with Gasteiger partial charge in [0.05, 0.1) is 18.7 Å². The van der Waals surface area contributed by atoms with E-state index in [1.165, 1.54) is 4.90 Å². The Labute approximate surface area is 227 Å². The Morgan fingerprint density at radius 1 is 1.03 bits per heavy atom. The highest BCUT2D eigenvalue weighted by atomic mass is 16.5. The lowest BCUT2D eigenvalue weighted by atomic mass is 9.88. The minimum atomic E-state index is -1.40. The monoisotopic (exact) mass is 540 g/mol. The number of fused-ring (bicyclic) bond motifs is 1. The van der Waals surface area contributed by atoms with Gasteiger partial charge in [0.25, 0.3) is 5.91 Å². The van der Waals surface area contributed by atoms with Crippen LogP contribution in [-0.2, 0) is 30.4 Å². The number of benzene rings is 1. The summed E-state index contributed by atoms with van der Waals surface area (Å²) >= 11 is 0. The molecule has 4 heterocycles. The Balaban J connectivity index is 1.26. The summed E-state index contributed by atoms with van der Waals surface area (Å²) in [5.41, 5.74) is -1.82. The van der Waals surface area contributed by atoms with Gasteiger partial charge in [0.15, 0.2) is 0 Å². The average molecular weight is 541 g/mol. The van der Waals surface area contributed by atoms with Crippen LogP contribution in [0.3, 0.4) is 0 Å². The molecule has 1 aromatic carbocycles. The quantitative estimate of drug-likeness (QED) is 0.301. The number of hydrogen-bond acceptors (Lipinski definition) is 7. The maximum absolute atomic E-state index is 13.7. The largest absolute Gasteiger partial charge is 0.491 e. The molecule has 0 saturated carbocycles. The van der Waals surface area contributed by atoms with Gasteiger partial charge in [0.1, 0.15) is 28.9 Å². The van der Waals surface area contributed by atoms with E-state index in [4.69, 9.17) is 4.74 Å². The summed E-state index contributed by atoms with van der Waals surface area (Å²) in [6, 6.07) is 4.98. The summed E-state index contributed by atoms with van der Waals surface area (Å²) in [7, 11) is 0. The Kier molecular flexibility index (Phi) is 6.78. The number of nitrogens with one attached hydrogen (secondary N) is 5. The number of ether oxygens (including phenoxy) is 1. The molecule has 2 spiro atoms. The van der Waals surface area contributed by atoms with Gasteiger partial charge >= 0.3 is 0 Å². The zero-order valence-electron chi connectivity index (χ0n) is 22.6. The zero-order valence-corrected chi connectivity index (χ0v) is 22.6. The highest BCUT2D eigenvalue weighted by Crippen LogP contribution is 2.37. The van der Waals surface area contributed by atoms with E-state index in [2.05, 4.69) is 26.6 Å². The number of nitrogens with zero attached hydrogens (tertiary/aromatic N) is 1. The molecule has 5 atom stereocenters. The summed E-state index contributed by atoms with van der Waals surface area (Å²) in [4.78, 5) is 67.2. The molecule has 1 aromatic rings. The normalized spacial score (nSPS) is 31.9. The molecule has 210 valence electrons. The number of carbonyl (C=O) groups is 5. The van der Waals surface area contributed by atoms with E-state index in [-0.39, 0.29) is 62.2 Å². The van der Waals surface area contributed by atoms with Crippen molar-refractivity contribution in [3.8, 4) is 5.75 Å². The first-order chi connectivity index (χ1) is 18.4. The van der Waals surface area contributed by atoms with Crippen molar-refractivity contribution in [3.05, 3.63) is 29.8 Å². The van der Waals surface area contributed by atoms with Crippen LogP contribution in [0.1, 0.15) is 46.1 Å². The number of carbonyl (C=O) groups excluding carboxylic acids is 5. The Morgan fingerprint density at radius 3 is 2.38 bits per heavy atom. The third-order valence-electron chi connectivity index (χ3n) is 7.80. The van der Waals surface area contributed by atoms with Gasteiger partial charge in [0.2, 0.25) is 23.6 Å².